The summed E-state index contributed by atoms with van der Waals surface area (Å²) in [4.78, 5) is 11.4. The van der Waals surface area contributed by atoms with Crippen molar-refractivity contribution in [1.29, 1.82) is 0 Å². The monoisotopic (exact) mass is 329 g/mol. The van der Waals surface area contributed by atoms with Crippen molar-refractivity contribution in [2.75, 3.05) is 6.61 Å². The first-order valence-electron chi connectivity index (χ1n) is 6.02. The Bertz CT molecular complexity index is 387. The molecule has 3 nitrogen and oxygen atoms in total. The molecule has 0 fully saturated rings. The van der Waals surface area contributed by atoms with Gasteiger partial charge in [0, 0.05) is 19.1 Å². The van der Waals surface area contributed by atoms with E-state index in [0.29, 0.717) is 13.2 Å². The van der Waals surface area contributed by atoms with E-state index in [4.69, 9.17) is 4.74 Å². The Labute approximate surface area is 118 Å². The van der Waals surface area contributed by atoms with Crippen LogP contribution in [0.15, 0.2) is 28.7 Å². The molecule has 0 saturated carbocycles. The molecule has 1 N–H and O–H groups in total. The van der Waals surface area contributed by atoms with Crippen LogP contribution in [0.3, 0.4) is 0 Å². The van der Waals surface area contributed by atoms with Gasteiger partial charge < -0.3 is 10.1 Å². The van der Waals surface area contributed by atoms with Crippen molar-refractivity contribution >= 4 is 30.1 Å². The second-order valence-corrected chi connectivity index (χ2v) is 12.0. The third-order valence-electron chi connectivity index (χ3n) is 2.44. The van der Waals surface area contributed by atoms with Gasteiger partial charge in [0.15, 0.2) is 0 Å². The van der Waals surface area contributed by atoms with E-state index >= 15 is 0 Å². The Balaban J connectivity index is 2.23. The molecule has 18 heavy (non-hydrogen) atoms. The lowest BCUT2D eigenvalue weighted by Crippen LogP contribution is -2.27. The largest absolute Gasteiger partial charge is 0.450 e. The number of alkyl carbamates (subject to hydrolysis) is 1. The lowest BCUT2D eigenvalue weighted by molar-refractivity contribution is 0.151. The minimum absolute atomic E-state index is 0.337. The Morgan fingerprint density at radius 1 is 1.28 bits per heavy atom. The van der Waals surface area contributed by atoms with Gasteiger partial charge in [-0.2, -0.15) is 0 Å². The Morgan fingerprint density at radius 3 is 2.44 bits per heavy atom. The van der Waals surface area contributed by atoms with Crippen LogP contribution in [0, 0.1) is 0 Å². The van der Waals surface area contributed by atoms with Gasteiger partial charge in [0.05, 0.1) is 6.61 Å². The maximum atomic E-state index is 11.4. The molecule has 1 amide bonds. The molecule has 100 valence electrons. The predicted octanol–water partition coefficient (Wildman–Crippen LogP) is 4.01. The number of benzene rings is 1. The summed E-state index contributed by atoms with van der Waals surface area (Å²) in [5.41, 5.74) is 1.06. The zero-order chi connectivity index (χ0) is 13.6. The zero-order valence-corrected chi connectivity index (χ0v) is 13.7. The van der Waals surface area contributed by atoms with Crippen LogP contribution in [0.4, 0.5) is 4.79 Å². The van der Waals surface area contributed by atoms with Crippen molar-refractivity contribution in [3.63, 3.8) is 0 Å². The number of nitrogens with one attached hydrogen (secondary N) is 1. The molecule has 0 heterocycles. The Morgan fingerprint density at radius 2 is 1.89 bits per heavy atom. The number of carbonyl (C=O) groups is 1. The van der Waals surface area contributed by atoms with Gasteiger partial charge in [0.1, 0.15) is 0 Å². The standard InChI is InChI=1S/C13H20BrNO2Si/c1-18(2,3)9-8-17-13(16)15-10-11-4-6-12(14)7-5-11/h4-7H,8-10H2,1-3H3,(H,15,16). The van der Waals surface area contributed by atoms with E-state index in [1.807, 2.05) is 24.3 Å². The second-order valence-electron chi connectivity index (χ2n) is 5.43. The van der Waals surface area contributed by atoms with Crippen molar-refractivity contribution in [1.82, 2.24) is 5.32 Å². The number of hydrogen-bond donors (Lipinski definition) is 1. The summed E-state index contributed by atoms with van der Waals surface area (Å²) in [7, 11) is -1.13. The smallest absolute Gasteiger partial charge is 0.407 e. The lowest BCUT2D eigenvalue weighted by Gasteiger charge is -2.15. The van der Waals surface area contributed by atoms with Gasteiger partial charge in [-0.15, -0.1) is 0 Å². The summed E-state index contributed by atoms with van der Waals surface area (Å²) in [6, 6.07) is 8.83. The molecule has 0 aliphatic rings. The predicted molar refractivity (Wildman–Crippen MR) is 80.5 cm³/mol. The molecule has 5 heteroatoms. The Hall–Kier alpha value is -0.813. The van der Waals surface area contributed by atoms with Gasteiger partial charge in [-0.3, -0.25) is 0 Å². The average molecular weight is 330 g/mol. The highest BCUT2D eigenvalue weighted by molar-refractivity contribution is 9.10. The van der Waals surface area contributed by atoms with Gasteiger partial charge in [-0.05, 0) is 23.7 Å². The van der Waals surface area contributed by atoms with E-state index in [2.05, 4.69) is 40.9 Å². The van der Waals surface area contributed by atoms with Crippen LogP contribution in [0.25, 0.3) is 0 Å². The molecule has 0 atom stereocenters. The Kier molecular flexibility index (Phi) is 5.88. The number of ether oxygens (including phenoxy) is 1. The minimum Gasteiger partial charge on any atom is -0.450 e. The lowest BCUT2D eigenvalue weighted by atomic mass is 10.2. The molecule has 0 saturated heterocycles. The van der Waals surface area contributed by atoms with Crippen molar-refractivity contribution in [3.8, 4) is 0 Å². The molecular weight excluding hydrogens is 310 g/mol. The van der Waals surface area contributed by atoms with Gasteiger partial charge in [-0.25, -0.2) is 4.79 Å². The number of rotatable bonds is 5. The summed E-state index contributed by atoms with van der Waals surface area (Å²) in [6.45, 7) is 7.79. The highest BCUT2D eigenvalue weighted by atomic mass is 79.9. The highest BCUT2D eigenvalue weighted by Crippen LogP contribution is 2.10. The fraction of sp³-hybridized carbons (Fsp3) is 0.462. The molecule has 1 aromatic rings. The summed E-state index contributed by atoms with van der Waals surface area (Å²) in [6.07, 6.45) is -0.337. The van der Waals surface area contributed by atoms with Gasteiger partial charge in [0.25, 0.3) is 0 Å². The molecule has 0 spiro atoms. The van der Waals surface area contributed by atoms with Crippen LogP contribution < -0.4 is 5.32 Å². The molecule has 0 unspecified atom stereocenters. The summed E-state index contributed by atoms with van der Waals surface area (Å²) in [5.74, 6) is 0. The maximum Gasteiger partial charge on any atom is 0.407 e. The number of amides is 1. The first-order valence-corrected chi connectivity index (χ1v) is 10.5. The molecule has 0 aliphatic carbocycles. The fourth-order valence-corrected chi connectivity index (χ4v) is 2.26. The fourth-order valence-electron chi connectivity index (χ4n) is 1.28. The average Bonchev–Trinajstić information content (AvgIpc) is 2.26. The van der Waals surface area contributed by atoms with E-state index in [-0.39, 0.29) is 6.09 Å². The van der Waals surface area contributed by atoms with Gasteiger partial charge in [-0.1, -0.05) is 47.7 Å². The number of hydrogen-bond acceptors (Lipinski definition) is 2. The summed E-state index contributed by atoms with van der Waals surface area (Å²) >= 11 is 3.37. The van der Waals surface area contributed by atoms with E-state index < -0.39 is 8.07 Å². The quantitative estimate of drug-likeness (QED) is 0.828. The van der Waals surface area contributed by atoms with Crippen molar-refractivity contribution in [2.45, 2.75) is 32.2 Å². The number of carbonyl (C=O) groups excluding carboxylic acids is 1. The van der Waals surface area contributed by atoms with Crippen LogP contribution in [0.2, 0.25) is 25.7 Å². The normalized spacial score (nSPS) is 11.1. The molecule has 1 aromatic carbocycles. The molecule has 0 radical (unpaired) electrons. The van der Waals surface area contributed by atoms with Crippen LogP contribution in [0.5, 0.6) is 0 Å². The first-order chi connectivity index (χ1) is 8.37. The SMILES string of the molecule is C[Si](C)(C)CCOC(=O)NCc1ccc(Br)cc1. The summed E-state index contributed by atoms with van der Waals surface area (Å²) < 4.78 is 6.17. The maximum absolute atomic E-state index is 11.4. The van der Waals surface area contributed by atoms with E-state index in [1.54, 1.807) is 0 Å². The zero-order valence-electron chi connectivity index (χ0n) is 11.1. The molecule has 1 rings (SSSR count). The van der Waals surface area contributed by atoms with Crippen LogP contribution in [-0.4, -0.2) is 20.8 Å². The number of halogens is 1. The van der Waals surface area contributed by atoms with Crippen LogP contribution in [-0.2, 0) is 11.3 Å². The van der Waals surface area contributed by atoms with E-state index in [0.717, 1.165) is 16.1 Å². The minimum atomic E-state index is -1.13. The third kappa shape index (κ3) is 6.81. The second kappa shape index (κ2) is 6.94. The topological polar surface area (TPSA) is 38.3 Å². The van der Waals surface area contributed by atoms with Gasteiger partial charge in [0.2, 0.25) is 0 Å². The highest BCUT2D eigenvalue weighted by Gasteiger charge is 2.13. The molecule has 0 aliphatic heterocycles. The first kappa shape index (κ1) is 15.2. The van der Waals surface area contributed by atoms with Gasteiger partial charge >= 0.3 is 6.09 Å². The summed E-state index contributed by atoms with van der Waals surface area (Å²) in [5, 5.41) is 2.74. The van der Waals surface area contributed by atoms with E-state index in [9.17, 15) is 4.79 Å². The van der Waals surface area contributed by atoms with E-state index in [1.165, 1.54) is 0 Å². The van der Waals surface area contributed by atoms with Crippen LogP contribution >= 0.6 is 15.9 Å². The molecular formula is C13H20BrNO2Si. The third-order valence-corrected chi connectivity index (χ3v) is 4.67. The van der Waals surface area contributed by atoms with Crippen LogP contribution in [0.1, 0.15) is 5.56 Å². The molecule has 0 aromatic heterocycles. The van der Waals surface area contributed by atoms with Crippen molar-refractivity contribution in [3.05, 3.63) is 34.3 Å². The van der Waals surface area contributed by atoms with Crippen molar-refractivity contribution in [2.24, 2.45) is 0 Å². The van der Waals surface area contributed by atoms with Crippen molar-refractivity contribution < 1.29 is 9.53 Å². The molecule has 0 bridgehead atoms.